The van der Waals surface area contributed by atoms with Gasteiger partial charge in [0.1, 0.15) is 0 Å². The standard InChI is InChI=1S/C28H35N3S/c1-3-20-6-11-25-27(14-20)30-26(21-7-9-24(10-8-21)29-4-2)15-28(25)31-16-22-18-32(12-5-13-32)19-23(22)17-31/h6-11,14-15,22-23,29H,3-5,12-13,16-19H2,1-2H3. The minimum absolute atomic E-state index is 0.182. The first-order valence-corrected chi connectivity index (χ1v) is 14.7. The number of aromatic nitrogens is 1. The van der Waals surface area contributed by atoms with E-state index in [4.69, 9.17) is 4.98 Å². The van der Waals surface area contributed by atoms with Crippen LogP contribution in [-0.4, -0.2) is 47.6 Å². The van der Waals surface area contributed by atoms with Crippen molar-refractivity contribution in [2.45, 2.75) is 26.7 Å². The van der Waals surface area contributed by atoms with E-state index >= 15 is 0 Å². The van der Waals surface area contributed by atoms with Gasteiger partial charge in [0, 0.05) is 42.0 Å². The van der Waals surface area contributed by atoms with E-state index in [9.17, 15) is 0 Å². The van der Waals surface area contributed by atoms with Crippen molar-refractivity contribution in [3.8, 4) is 11.3 Å². The Morgan fingerprint density at radius 3 is 2.34 bits per heavy atom. The Hall–Kier alpha value is -2.20. The Labute approximate surface area is 193 Å². The second kappa shape index (κ2) is 7.98. The quantitative estimate of drug-likeness (QED) is 0.509. The van der Waals surface area contributed by atoms with E-state index in [1.807, 2.05) is 0 Å². The lowest BCUT2D eigenvalue weighted by Crippen LogP contribution is -2.29. The molecule has 3 aliphatic heterocycles. The normalized spacial score (nSPS) is 24.5. The zero-order valence-electron chi connectivity index (χ0n) is 19.4. The van der Waals surface area contributed by atoms with Crippen molar-refractivity contribution in [2.24, 2.45) is 11.8 Å². The summed E-state index contributed by atoms with van der Waals surface area (Å²) in [7, 11) is -0.182. The van der Waals surface area contributed by atoms with Gasteiger partial charge in [-0.15, -0.1) is 0 Å². The van der Waals surface area contributed by atoms with Crippen LogP contribution in [0.25, 0.3) is 22.2 Å². The summed E-state index contributed by atoms with van der Waals surface area (Å²) in [6, 6.07) is 18.1. The smallest absolute Gasteiger partial charge is 0.0733 e. The molecule has 2 aromatic carbocycles. The van der Waals surface area contributed by atoms with Crippen LogP contribution in [0.2, 0.25) is 0 Å². The Balaban J connectivity index is 1.37. The molecule has 2 unspecified atom stereocenters. The van der Waals surface area contributed by atoms with Gasteiger partial charge < -0.3 is 10.2 Å². The zero-order chi connectivity index (χ0) is 21.7. The van der Waals surface area contributed by atoms with Crippen LogP contribution in [0.15, 0.2) is 48.5 Å². The highest BCUT2D eigenvalue weighted by Gasteiger charge is 2.48. The van der Waals surface area contributed by atoms with Crippen LogP contribution in [0.3, 0.4) is 0 Å². The van der Waals surface area contributed by atoms with Gasteiger partial charge in [0.05, 0.1) is 11.2 Å². The Morgan fingerprint density at radius 1 is 0.969 bits per heavy atom. The Bertz CT molecular complexity index is 1120. The lowest BCUT2D eigenvalue weighted by Gasteiger charge is -2.46. The molecule has 1 aromatic heterocycles. The first-order valence-electron chi connectivity index (χ1n) is 12.4. The largest absolute Gasteiger partial charge is 0.385 e. The zero-order valence-corrected chi connectivity index (χ0v) is 20.3. The number of pyridine rings is 1. The predicted molar refractivity (Wildman–Crippen MR) is 142 cm³/mol. The molecule has 2 atom stereocenters. The topological polar surface area (TPSA) is 28.2 Å². The maximum absolute atomic E-state index is 5.14. The van der Waals surface area contributed by atoms with Crippen LogP contribution in [-0.2, 0) is 6.42 Å². The summed E-state index contributed by atoms with van der Waals surface area (Å²) < 4.78 is 0. The average molecular weight is 446 g/mol. The molecule has 3 aliphatic rings. The fraction of sp³-hybridized carbons (Fsp3) is 0.464. The summed E-state index contributed by atoms with van der Waals surface area (Å²) >= 11 is 0. The minimum Gasteiger partial charge on any atom is -0.385 e. The number of hydrogen-bond donors (Lipinski definition) is 1. The van der Waals surface area contributed by atoms with Crippen LogP contribution in [0.5, 0.6) is 0 Å². The molecule has 32 heavy (non-hydrogen) atoms. The van der Waals surface area contributed by atoms with E-state index in [0.29, 0.717) is 0 Å². The van der Waals surface area contributed by atoms with Crippen molar-refractivity contribution in [1.29, 1.82) is 0 Å². The van der Waals surface area contributed by atoms with Crippen molar-refractivity contribution >= 4 is 32.3 Å². The number of anilines is 2. The number of benzene rings is 2. The molecule has 1 N–H and O–H groups in total. The Morgan fingerprint density at radius 2 is 1.72 bits per heavy atom. The summed E-state index contributed by atoms with van der Waals surface area (Å²) in [5, 5.41) is 4.72. The molecule has 4 heterocycles. The number of fused-ring (bicyclic) bond motifs is 2. The third-order valence-electron chi connectivity index (χ3n) is 8.03. The van der Waals surface area contributed by atoms with Gasteiger partial charge in [0.15, 0.2) is 0 Å². The van der Waals surface area contributed by atoms with Crippen LogP contribution < -0.4 is 10.2 Å². The van der Waals surface area contributed by atoms with Gasteiger partial charge in [0.25, 0.3) is 0 Å². The fourth-order valence-electron chi connectivity index (χ4n) is 6.22. The van der Waals surface area contributed by atoms with Crippen molar-refractivity contribution in [1.82, 2.24) is 4.98 Å². The van der Waals surface area contributed by atoms with Crippen LogP contribution in [0, 0.1) is 11.8 Å². The SMILES string of the molecule is CCNc1ccc(-c2cc(N3CC4CS5(CCC5)CC4C3)c3ccc(CC)cc3n2)cc1. The molecular weight excluding hydrogens is 410 g/mol. The molecule has 4 heteroatoms. The maximum atomic E-state index is 5.14. The molecule has 3 saturated heterocycles. The number of nitrogens with zero attached hydrogens (tertiary/aromatic N) is 2. The van der Waals surface area contributed by atoms with E-state index in [0.717, 1.165) is 36.0 Å². The van der Waals surface area contributed by atoms with Crippen LogP contribution in [0.1, 0.15) is 25.8 Å². The predicted octanol–water partition coefficient (Wildman–Crippen LogP) is 6.17. The number of rotatable bonds is 5. The van der Waals surface area contributed by atoms with E-state index in [1.165, 1.54) is 47.4 Å². The number of aryl methyl sites for hydroxylation is 1. The molecule has 3 fully saturated rings. The van der Waals surface area contributed by atoms with Gasteiger partial charge in [-0.25, -0.2) is 15.0 Å². The second-order valence-electron chi connectivity index (χ2n) is 10.1. The van der Waals surface area contributed by atoms with Crippen LogP contribution >= 0.6 is 10.0 Å². The van der Waals surface area contributed by atoms with Crippen molar-refractivity contribution < 1.29 is 0 Å². The molecule has 3 nitrogen and oxygen atoms in total. The van der Waals surface area contributed by atoms with Gasteiger partial charge in [-0.1, -0.05) is 31.2 Å². The highest BCUT2D eigenvalue weighted by molar-refractivity contribution is 8.34. The van der Waals surface area contributed by atoms with E-state index in [1.54, 1.807) is 23.0 Å². The maximum Gasteiger partial charge on any atom is 0.0733 e. The second-order valence-corrected chi connectivity index (χ2v) is 14.0. The molecule has 0 saturated carbocycles. The fourth-order valence-corrected chi connectivity index (χ4v) is 10.7. The third-order valence-corrected chi connectivity index (χ3v) is 12.6. The van der Waals surface area contributed by atoms with Crippen molar-refractivity contribution in [2.75, 3.05) is 52.9 Å². The molecule has 168 valence electrons. The summed E-state index contributed by atoms with van der Waals surface area (Å²) in [5.41, 5.74) is 7.38. The molecule has 0 aliphatic carbocycles. The Kier molecular flexibility index (Phi) is 5.09. The summed E-state index contributed by atoms with van der Waals surface area (Å²) in [6.45, 7) is 7.79. The molecule has 3 aromatic rings. The van der Waals surface area contributed by atoms with Crippen molar-refractivity contribution in [3.63, 3.8) is 0 Å². The summed E-state index contributed by atoms with van der Waals surface area (Å²) in [6.07, 6.45) is 2.55. The minimum atomic E-state index is -0.182. The average Bonchev–Trinajstić information content (AvgIpc) is 3.35. The van der Waals surface area contributed by atoms with E-state index in [2.05, 4.69) is 72.6 Å². The van der Waals surface area contributed by atoms with Crippen molar-refractivity contribution in [3.05, 3.63) is 54.1 Å². The monoisotopic (exact) mass is 445 g/mol. The van der Waals surface area contributed by atoms with Gasteiger partial charge in [-0.3, -0.25) is 0 Å². The molecule has 1 spiro atoms. The van der Waals surface area contributed by atoms with Gasteiger partial charge >= 0.3 is 0 Å². The van der Waals surface area contributed by atoms with Gasteiger partial charge in [-0.05, 0) is 84.4 Å². The summed E-state index contributed by atoms with van der Waals surface area (Å²) in [5.74, 6) is 8.10. The first-order chi connectivity index (χ1) is 15.7. The molecular formula is C28H35N3S. The van der Waals surface area contributed by atoms with E-state index < -0.39 is 0 Å². The third kappa shape index (κ3) is 3.48. The lowest BCUT2D eigenvalue weighted by molar-refractivity contribution is 0.533. The first kappa shape index (κ1) is 20.4. The van der Waals surface area contributed by atoms with Crippen LogP contribution in [0.4, 0.5) is 11.4 Å². The molecule has 6 rings (SSSR count). The number of hydrogen-bond acceptors (Lipinski definition) is 3. The van der Waals surface area contributed by atoms with E-state index in [-0.39, 0.29) is 10.0 Å². The molecule has 0 bridgehead atoms. The highest BCUT2D eigenvalue weighted by Crippen LogP contribution is 2.65. The number of nitrogens with one attached hydrogen (secondary N) is 1. The molecule has 0 radical (unpaired) electrons. The molecule has 0 amide bonds. The summed E-state index contributed by atoms with van der Waals surface area (Å²) in [4.78, 5) is 7.84. The lowest BCUT2D eigenvalue weighted by atomic mass is 10.0. The van der Waals surface area contributed by atoms with Gasteiger partial charge in [0.2, 0.25) is 0 Å². The highest BCUT2D eigenvalue weighted by atomic mass is 32.3. The van der Waals surface area contributed by atoms with Gasteiger partial charge in [-0.2, -0.15) is 0 Å².